The fraction of sp³-hybridized carbons (Fsp3) is 0.455. The normalized spacial score (nSPS) is 10.6. The Morgan fingerprint density at radius 1 is 1.57 bits per heavy atom. The third kappa shape index (κ3) is 2.92. The first kappa shape index (κ1) is 10.9. The lowest BCUT2D eigenvalue weighted by atomic mass is 10.1. The molecule has 1 aromatic rings. The molecular weight excluding hydrogens is 178 g/mol. The first-order chi connectivity index (χ1) is 6.61. The number of Topliss-reactive ketones (excluding diaryl/α,β-unsaturated/α-hetero) is 1. The fourth-order valence-corrected chi connectivity index (χ4v) is 1.10. The van der Waals surface area contributed by atoms with Crippen molar-refractivity contribution < 1.29 is 9.53 Å². The molecule has 0 unspecified atom stereocenters. The van der Waals surface area contributed by atoms with Crippen LogP contribution in [0.3, 0.4) is 0 Å². The number of nitrogens with zero attached hydrogens (tertiary/aromatic N) is 1. The molecule has 0 spiro atoms. The summed E-state index contributed by atoms with van der Waals surface area (Å²) in [6.07, 6.45) is 1.76. The molecule has 0 amide bonds. The van der Waals surface area contributed by atoms with E-state index in [1.54, 1.807) is 18.3 Å². The molecule has 0 N–H and O–H groups in total. The summed E-state index contributed by atoms with van der Waals surface area (Å²) in [5, 5.41) is 0. The third-order valence-corrected chi connectivity index (χ3v) is 1.86. The quantitative estimate of drug-likeness (QED) is 0.686. The molecule has 1 heterocycles. The lowest BCUT2D eigenvalue weighted by Gasteiger charge is -2.07. The Morgan fingerprint density at radius 3 is 2.86 bits per heavy atom. The Balaban J connectivity index is 2.65. The van der Waals surface area contributed by atoms with Crippen molar-refractivity contribution in [3.05, 3.63) is 29.6 Å². The minimum absolute atomic E-state index is 0.00991. The van der Waals surface area contributed by atoms with E-state index in [4.69, 9.17) is 4.74 Å². The van der Waals surface area contributed by atoms with Crippen molar-refractivity contribution >= 4 is 5.78 Å². The zero-order chi connectivity index (χ0) is 10.6. The number of carbonyl (C=O) groups is 1. The van der Waals surface area contributed by atoms with Gasteiger partial charge in [0.05, 0.1) is 6.10 Å². The molecule has 0 bridgehead atoms. The zero-order valence-corrected chi connectivity index (χ0v) is 8.78. The maximum Gasteiger partial charge on any atom is 0.190 e. The van der Waals surface area contributed by atoms with Gasteiger partial charge in [-0.3, -0.25) is 9.78 Å². The Labute approximate surface area is 84.1 Å². The van der Waals surface area contributed by atoms with Crippen LogP contribution in [0.4, 0.5) is 0 Å². The van der Waals surface area contributed by atoms with E-state index >= 15 is 0 Å². The van der Waals surface area contributed by atoms with Crippen LogP contribution < -0.4 is 0 Å². The van der Waals surface area contributed by atoms with Gasteiger partial charge in [-0.2, -0.15) is 0 Å². The number of ketones is 1. The molecule has 0 fully saturated rings. The van der Waals surface area contributed by atoms with E-state index < -0.39 is 0 Å². The van der Waals surface area contributed by atoms with Gasteiger partial charge in [0.1, 0.15) is 6.61 Å². The lowest BCUT2D eigenvalue weighted by molar-refractivity contribution is 0.0584. The van der Waals surface area contributed by atoms with E-state index in [1.807, 2.05) is 20.8 Å². The Morgan fingerprint density at radius 2 is 2.29 bits per heavy atom. The molecule has 14 heavy (non-hydrogen) atoms. The highest BCUT2D eigenvalue weighted by Gasteiger charge is 2.09. The molecule has 0 aromatic carbocycles. The van der Waals surface area contributed by atoms with Crippen molar-refractivity contribution in [2.75, 3.05) is 6.61 Å². The standard InChI is InChI=1S/C11H15NO2/c1-8(2)14-7-11(13)10-5-4-6-12-9(10)3/h4-6,8H,7H2,1-3H3. The van der Waals surface area contributed by atoms with Gasteiger partial charge in [0.15, 0.2) is 5.78 Å². The summed E-state index contributed by atoms with van der Waals surface area (Å²) >= 11 is 0. The zero-order valence-electron chi connectivity index (χ0n) is 8.78. The van der Waals surface area contributed by atoms with Crippen LogP contribution in [0.1, 0.15) is 29.9 Å². The molecule has 0 radical (unpaired) electrons. The molecule has 1 rings (SSSR count). The summed E-state index contributed by atoms with van der Waals surface area (Å²) in [6.45, 7) is 5.76. The Bertz CT molecular complexity index is 321. The van der Waals surface area contributed by atoms with Crippen molar-refractivity contribution in [1.82, 2.24) is 4.98 Å². The van der Waals surface area contributed by atoms with Crippen LogP contribution >= 0.6 is 0 Å². The summed E-state index contributed by atoms with van der Waals surface area (Å²) in [5.74, 6) is -0.00991. The second-order valence-electron chi connectivity index (χ2n) is 3.42. The van der Waals surface area contributed by atoms with Gasteiger partial charge < -0.3 is 4.74 Å². The van der Waals surface area contributed by atoms with Crippen molar-refractivity contribution in [3.63, 3.8) is 0 Å². The van der Waals surface area contributed by atoms with Crippen LogP contribution in [0.25, 0.3) is 0 Å². The van der Waals surface area contributed by atoms with Crippen LogP contribution in [0.15, 0.2) is 18.3 Å². The molecule has 1 aromatic heterocycles. The second kappa shape index (κ2) is 4.86. The van der Waals surface area contributed by atoms with Crippen molar-refractivity contribution in [2.45, 2.75) is 26.9 Å². The summed E-state index contributed by atoms with van der Waals surface area (Å²) in [7, 11) is 0. The summed E-state index contributed by atoms with van der Waals surface area (Å²) in [6, 6.07) is 3.53. The number of aromatic nitrogens is 1. The Kier molecular flexibility index (Phi) is 3.77. The minimum Gasteiger partial charge on any atom is -0.371 e. The molecular formula is C11H15NO2. The maximum absolute atomic E-state index is 11.6. The monoisotopic (exact) mass is 193 g/mol. The van der Waals surface area contributed by atoms with Gasteiger partial charge in [0, 0.05) is 17.5 Å². The van der Waals surface area contributed by atoms with Crippen molar-refractivity contribution in [1.29, 1.82) is 0 Å². The van der Waals surface area contributed by atoms with Gasteiger partial charge in [-0.1, -0.05) is 0 Å². The molecule has 0 aliphatic heterocycles. The molecule has 3 heteroatoms. The molecule has 0 aliphatic rings. The predicted molar refractivity (Wildman–Crippen MR) is 54.4 cm³/mol. The van der Waals surface area contributed by atoms with E-state index in [1.165, 1.54) is 0 Å². The minimum atomic E-state index is -0.00991. The van der Waals surface area contributed by atoms with Crippen LogP contribution in [-0.4, -0.2) is 23.5 Å². The number of ether oxygens (including phenoxy) is 1. The van der Waals surface area contributed by atoms with Crippen molar-refractivity contribution in [3.8, 4) is 0 Å². The second-order valence-corrected chi connectivity index (χ2v) is 3.42. The number of hydrogen-bond acceptors (Lipinski definition) is 3. The third-order valence-electron chi connectivity index (χ3n) is 1.86. The first-order valence-electron chi connectivity index (χ1n) is 4.67. The maximum atomic E-state index is 11.6. The SMILES string of the molecule is Cc1ncccc1C(=O)COC(C)C. The van der Waals surface area contributed by atoms with Gasteiger partial charge in [-0.25, -0.2) is 0 Å². The van der Waals surface area contributed by atoms with Crippen LogP contribution in [-0.2, 0) is 4.74 Å². The topological polar surface area (TPSA) is 39.2 Å². The molecule has 0 saturated carbocycles. The number of aryl methyl sites for hydroxylation is 1. The van der Waals surface area contributed by atoms with E-state index in [-0.39, 0.29) is 18.5 Å². The predicted octanol–water partition coefficient (Wildman–Crippen LogP) is 2.00. The highest BCUT2D eigenvalue weighted by atomic mass is 16.5. The van der Waals surface area contributed by atoms with Gasteiger partial charge >= 0.3 is 0 Å². The van der Waals surface area contributed by atoms with Gasteiger partial charge in [0.25, 0.3) is 0 Å². The average molecular weight is 193 g/mol. The van der Waals surface area contributed by atoms with Crippen LogP contribution in [0, 0.1) is 6.92 Å². The van der Waals surface area contributed by atoms with E-state index in [0.29, 0.717) is 5.56 Å². The summed E-state index contributed by atoms with van der Waals surface area (Å²) in [5.41, 5.74) is 1.40. The molecule has 0 atom stereocenters. The molecule has 0 saturated heterocycles. The highest BCUT2D eigenvalue weighted by Crippen LogP contribution is 2.05. The van der Waals surface area contributed by atoms with E-state index in [9.17, 15) is 4.79 Å². The smallest absolute Gasteiger partial charge is 0.190 e. The molecule has 0 aliphatic carbocycles. The Hall–Kier alpha value is -1.22. The highest BCUT2D eigenvalue weighted by molar-refractivity contribution is 5.97. The first-order valence-corrected chi connectivity index (χ1v) is 4.67. The van der Waals surface area contributed by atoms with E-state index in [2.05, 4.69) is 4.98 Å². The van der Waals surface area contributed by atoms with Crippen molar-refractivity contribution in [2.24, 2.45) is 0 Å². The largest absolute Gasteiger partial charge is 0.371 e. The number of hydrogen-bond donors (Lipinski definition) is 0. The van der Waals surface area contributed by atoms with Crippen LogP contribution in [0.2, 0.25) is 0 Å². The molecule has 3 nitrogen and oxygen atoms in total. The molecule has 76 valence electrons. The number of pyridine rings is 1. The van der Waals surface area contributed by atoms with Gasteiger partial charge in [0.2, 0.25) is 0 Å². The number of carbonyl (C=O) groups excluding carboxylic acids is 1. The number of rotatable bonds is 4. The van der Waals surface area contributed by atoms with Crippen LogP contribution in [0.5, 0.6) is 0 Å². The average Bonchev–Trinajstić information content (AvgIpc) is 2.15. The fourth-order valence-electron chi connectivity index (χ4n) is 1.10. The summed E-state index contributed by atoms with van der Waals surface area (Å²) in [4.78, 5) is 15.7. The van der Waals surface area contributed by atoms with Gasteiger partial charge in [-0.05, 0) is 32.9 Å². The lowest BCUT2D eigenvalue weighted by Crippen LogP contribution is -2.14. The van der Waals surface area contributed by atoms with Gasteiger partial charge in [-0.15, -0.1) is 0 Å². The summed E-state index contributed by atoms with van der Waals surface area (Å²) < 4.78 is 5.24. The van der Waals surface area contributed by atoms with E-state index in [0.717, 1.165) is 5.69 Å².